The van der Waals surface area contributed by atoms with Crippen molar-refractivity contribution in [3.8, 4) is 5.75 Å². The Morgan fingerprint density at radius 1 is 1.00 bits per heavy atom. The summed E-state index contributed by atoms with van der Waals surface area (Å²) in [5, 5.41) is 3.05. The molecule has 2 aromatic rings. The van der Waals surface area contributed by atoms with E-state index in [-0.39, 0.29) is 17.8 Å². The highest BCUT2D eigenvalue weighted by Crippen LogP contribution is 2.33. The van der Waals surface area contributed by atoms with Gasteiger partial charge in [0.2, 0.25) is 0 Å². The van der Waals surface area contributed by atoms with Gasteiger partial charge in [-0.3, -0.25) is 14.5 Å². The molecule has 0 spiro atoms. The maximum atomic E-state index is 13.3. The van der Waals surface area contributed by atoms with Crippen LogP contribution in [0.5, 0.6) is 5.75 Å². The monoisotopic (exact) mass is 354 g/mol. The van der Waals surface area contributed by atoms with Crippen LogP contribution in [0.4, 0.5) is 10.1 Å². The molecule has 0 bridgehead atoms. The van der Waals surface area contributed by atoms with Crippen molar-refractivity contribution in [3.63, 3.8) is 0 Å². The molecule has 26 heavy (non-hydrogen) atoms. The second-order valence-corrected chi connectivity index (χ2v) is 5.67. The van der Waals surface area contributed by atoms with Crippen LogP contribution in [0.3, 0.4) is 0 Å². The molecule has 1 N–H and O–H groups in total. The quantitative estimate of drug-likeness (QED) is 0.808. The molecule has 5 nitrogen and oxygen atoms in total. The minimum absolute atomic E-state index is 0.163. The maximum Gasteiger partial charge on any atom is 0.278 e. The summed E-state index contributed by atoms with van der Waals surface area (Å²) in [6.45, 7) is 4.31. The van der Waals surface area contributed by atoms with Gasteiger partial charge in [-0.1, -0.05) is 24.3 Å². The molecule has 2 aromatic carbocycles. The fourth-order valence-corrected chi connectivity index (χ4v) is 2.85. The molecule has 0 fully saturated rings. The van der Waals surface area contributed by atoms with Crippen molar-refractivity contribution in [2.45, 2.75) is 13.8 Å². The number of hydrogen-bond donors (Lipinski definition) is 1. The van der Waals surface area contributed by atoms with Crippen LogP contribution in [0.25, 0.3) is 5.57 Å². The third kappa shape index (κ3) is 3.18. The first-order valence-electron chi connectivity index (χ1n) is 8.42. The average Bonchev–Trinajstić information content (AvgIpc) is 2.87. The Hall–Kier alpha value is -3.15. The number of benzene rings is 2. The van der Waals surface area contributed by atoms with Gasteiger partial charge in [0.1, 0.15) is 17.3 Å². The Morgan fingerprint density at radius 3 is 2.35 bits per heavy atom. The Labute approximate surface area is 151 Å². The van der Waals surface area contributed by atoms with Crippen LogP contribution >= 0.6 is 0 Å². The highest BCUT2D eigenvalue weighted by atomic mass is 19.1. The third-order valence-corrected chi connectivity index (χ3v) is 4.06. The Morgan fingerprint density at radius 2 is 1.69 bits per heavy atom. The molecule has 0 aliphatic carbocycles. The number of carbonyl (C=O) groups excluding carboxylic acids is 2. The molecule has 0 saturated carbocycles. The van der Waals surface area contributed by atoms with Crippen LogP contribution < -0.4 is 10.1 Å². The second kappa shape index (κ2) is 7.39. The molecule has 134 valence electrons. The number of nitrogens with one attached hydrogen (secondary N) is 1. The van der Waals surface area contributed by atoms with Crippen molar-refractivity contribution in [3.05, 3.63) is 65.6 Å². The summed E-state index contributed by atoms with van der Waals surface area (Å²) in [7, 11) is 0. The summed E-state index contributed by atoms with van der Waals surface area (Å²) >= 11 is 0. The van der Waals surface area contributed by atoms with Crippen LogP contribution in [-0.2, 0) is 9.59 Å². The number of likely N-dealkylation sites (N-methyl/N-ethyl adjacent to an activating group) is 1. The number of carbonyl (C=O) groups is 2. The molecule has 3 rings (SSSR count). The summed E-state index contributed by atoms with van der Waals surface area (Å²) in [5.41, 5.74) is 1.46. The topological polar surface area (TPSA) is 58.6 Å². The SMILES string of the molecule is CCOc1ccccc1NC1=C(c2ccc(F)cc2)C(=O)N(CC)C1=O. The standard InChI is InChI=1S/C20H19FN2O3/c1-3-23-19(24)17(13-9-11-14(21)12-10-13)18(20(23)25)22-15-7-5-6-8-16(15)26-4-2/h5-12,22H,3-4H2,1-2H3. The number of rotatable bonds is 6. The number of anilines is 1. The molecular formula is C20H19FN2O3. The molecule has 6 heteroatoms. The van der Waals surface area contributed by atoms with Crippen LogP contribution in [-0.4, -0.2) is 29.9 Å². The average molecular weight is 354 g/mol. The molecular weight excluding hydrogens is 335 g/mol. The van der Waals surface area contributed by atoms with Crippen molar-refractivity contribution >= 4 is 23.1 Å². The van der Waals surface area contributed by atoms with Crippen molar-refractivity contribution in [2.24, 2.45) is 0 Å². The Kier molecular flexibility index (Phi) is 5.02. The van der Waals surface area contributed by atoms with Crippen LogP contribution in [0.15, 0.2) is 54.2 Å². The zero-order chi connectivity index (χ0) is 18.7. The largest absolute Gasteiger partial charge is 0.492 e. The van der Waals surface area contributed by atoms with Crippen molar-refractivity contribution < 1.29 is 18.7 Å². The van der Waals surface area contributed by atoms with Gasteiger partial charge in [-0.25, -0.2) is 4.39 Å². The van der Waals surface area contributed by atoms with Gasteiger partial charge in [0.25, 0.3) is 11.8 Å². The summed E-state index contributed by atoms with van der Waals surface area (Å²) < 4.78 is 18.8. The first-order chi connectivity index (χ1) is 12.6. The number of hydrogen-bond acceptors (Lipinski definition) is 4. The first-order valence-corrected chi connectivity index (χ1v) is 8.42. The van der Waals surface area contributed by atoms with E-state index < -0.39 is 17.6 Å². The van der Waals surface area contributed by atoms with E-state index in [0.29, 0.717) is 23.6 Å². The first kappa shape index (κ1) is 17.7. The van der Waals surface area contributed by atoms with E-state index in [1.165, 1.54) is 24.3 Å². The number of para-hydroxylation sites is 2. The van der Waals surface area contributed by atoms with Crippen molar-refractivity contribution in [1.29, 1.82) is 0 Å². The maximum absolute atomic E-state index is 13.3. The highest BCUT2D eigenvalue weighted by molar-refractivity contribution is 6.36. The molecule has 2 amide bonds. The van der Waals surface area contributed by atoms with Gasteiger partial charge in [-0.2, -0.15) is 0 Å². The van der Waals surface area contributed by atoms with E-state index >= 15 is 0 Å². The van der Waals surface area contributed by atoms with E-state index in [1.54, 1.807) is 19.1 Å². The van der Waals surface area contributed by atoms with Gasteiger partial charge in [-0.05, 0) is 43.7 Å². The number of ether oxygens (including phenoxy) is 1. The summed E-state index contributed by atoms with van der Waals surface area (Å²) in [4.78, 5) is 26.6. The summed E-state index contributed by atoms with van der Waals surface area (Å²) in [6.07, 6.45) is 0. The lowest BCUT2D eigenvalue weighted by molar-refractivity contribution is -0.136. The van der Waals surface area contributed by atoms with Crippen molar-refractivity contribution in [1.82, 2.24) is 4.90 Å². The minimum Gasteiger partial charge on any atom is -0.492 e. The lowest BCUT2D eigenvalue weighted by atomic mass is 10.0. The number of halogens is 1. The fourth-order valence-electron chi connectivity index (χ4n) is 2.85. The molecule has 1 aliphatic rings. The third-order valence-electron chi connectivity index (χ3n) is 4.06. The lowest BCUT2D eigenvalue weighted by Crippen LogP contribution is -2.32. The molecule has 0 radical (unpaired) electrons. The van der Waals surface area contributed by atoms with Gasteiger partial charge >= 0.3 is 0 Å². The Balaban J connectivity index is 2.08. The molecule has 0 saturated heterocycles. The number of imide groups is 1. The van der Waals surface area contributed by atoms with Gasteiger partial charge in [0.05, 0.1) is 17.9 Å². The highest BCUT2D eigenvalue weighted by Gasteiger charge is 2.38. The molecule has 0 unspecified atom stereocenters. The zero-order valence-corrected chi connectivity index (χ0v) is 14.6. The van der Waals surface area contributed by atoms with E-state index in [4.69, 9.17) is 4.74 Å². The second-order valence-electron chi connectivity index (χ2n) is 5.67. The molecule has 1 aliphatic heterocycles. The predicted octanol–water partition coefficient (Wildman–Crippen LogP) is 3.44. The van der Waals surface area contributed by atoms with Crippen molar-refractivity contribution in [2.75, 3.05) is 18.5 Å². The van der Waals surface area contributed by atoms with Crippen LogP contribution in [0.2, 0.25) is 0 Å². The molecule has 0 atom stereocenters. The summed E-state index contributed by atoms with van der Waals surface area (Å²) in [5.74, 6) is -0.644. The summed E-state index contributed by atoms with van der Waals surface area (Å²) in [6, 6.07) is 12.7. The van der Waals surface area contributed by atoms with Gasteiger partial charge < -0.3 is 10.1 Å². The lowest BCUT2D eigenvalue weighted by Gasteiger charge is -2.14. The number of amides is 2. The predicted molar refractivity (Wildman–Crippen MR) is 96.9 cm³/mol. The Bertz CT molecular complexity index is 875. The minimum atomic E-state index is -0.414. The van der Waals surface area contributed by atoms with E-state index in [1.807, 2.05) is 19.1 Å². The smallest absolute Gasteiger partial charge is 0.278 e. The van der Waals surface area contributed by atoms with E-state index in [9.17, 15) is 14.0 Å². The van der Waals surface area contributed by atoms with Gasteiger partial charge in [0.15, 0.2) is 0 Å². The molecule has 0 aromatic heterocycles. The molecule has 1 heterocycles. The normalized spacial score (nSPS) is 14.2. The van der Waals surface area contributed by atoms with Crippen LogP contribution in [0.1, 0.15) is 19.4 Å². The fraction of sp³-hybridized carbons (Fsp3) is 0.200. The van der Waals surface area contributed by atoms with E-state index in [2.05, 4.69) is 5.32 Å². The van der Waals surface area contributed by atoms with E-state index in [0.717, 1.165) is 4.90 Å². The van der Waals surface area contributed by atoms with Crippen LogP contribution in [0, 0.1) is 5.82 Å². The number of nitrogens with zero attached hydrogens (tertiary/aromatic N) is 1. The zero-order valence-electron chi connectivity index (χ0n) is 14.6. The van der Waals surface area contributed by atoms with Gasteiger partial charge in [0, 0.05) is 6.54 Å². The van der Waals surface area contributed by atoms with Gasteiger partial charge in [-0.15, -0.1) is 0 Å².